The molecule has 118 valence electrons. The summed E-state index contributed by atoms with van der Waals surface area (Å²) in [6.45, 7) is 1.98. The van der Waals surface area contributed by atoms with Crippen molar-refractivity contribution in [3.8, 4) is 0 Å². The fraction of sp³-hybridized carbons (Fsp3) is 0.812. The van der Waals surface area contributed by atoms with Gasteiger partial charge in [0.05, 0.1) is 16.4 Å². The minimum atomic E-state index is 0.495. The van der Waals surface area contributed by atoms with Gasteiger partial charge >= 0.3 is 0 Å². The lowest BCUT2D eigenvalue weighted by Gasteiger charge is -2.39. The lowest BCUT2D eigenvalue weighted by molar-refractivity contribution is 0.113. The molecule has 1 N–H and O–H groups in total. The number of hydrogen-bond donors (Lipinski definition) is 1. The molecule has 3 heterocycles. The van der Waals surface area contributed by atoms with Crippen LogP contribution in [0.5, 0.6) is 0 Å². The van der Waals surface area contributed by atoms with Crippen LogP contribution in [0.1, 0.15) is 37.1 Å². The predicted molar refractivity (Wildman–Crippen MR) is 86.8 cm³/mol. The fourth-order valence-electron chi connectivity index (χ4n) is 4.40. The minimum absolute atomic E-state index is 0.495. The zero-order valence-electron chi connectivity index (χ0n) is 13.6. The Balaban J connectivity index is 1.74. The fourth-order valence-corrected chi connectivity index (χ4v) is 4.63. The number of nitrogens with zero attached hydrogens (tertiary/aromatic N) is 3. The number of aryl methyl sites for hydroxylation is 2. The highest BCUT2D eigenvalue weighted by Gasteiger charge is 2.40. The average molecular weight is 311 g/mol. The van der Waals surface area contributed by atoms with Gasteiger partial charge in [-0.25, -0.2) is 0 Å². The molecule has 5 heteroatoms. The van der Waals surface area contributed by atoms with Crippen LogP contribution in [-0.2, 0) is 13.5 Å². The van der Waals surface area contributed by atoms with Crippen LogP contribution >= 0.6 is 11.6 Å². The summed E-state index contributed by atoms with van der Waals surface area (Å²) in [6, 6.07) is 2.07. The summed E-state index contributed by atoms with van der Waals surface area (Å²) in [5, 5.41) is 8.84. The maximum Gasteiger partial charge on any atom is 0.0847 e. The molecule has 4 nitrogen and oxygen atoms in total. The largest absolute Gasteiger partial charge is 0.316 e. The van der Waals surface area contributed by atoms with E-state index in [1.54, 1.807) is 0 Å². The third kappa shape index (κ3) is 2.73. The van der Waals surface area contributed by atoms with E-state index in [1.807, 2.05) is 18.7 Å². The number of rotatable bonds is 4. The van der Waals surface area contributed by atoms with E-state index in [-0.39, 0.29) is 0 Å². The van der Waals surface area contributed by atoms with Crippen LogP contribution < -0.4 is 5.32 Å². The van der Waals surface area contributed by atoms with Gasteiger partial charge < -0.3 is 10.2 Å². The van der Waals surface area contributed by atoms with Gasteiger partial charge in [0.1, 0.15) is 0 Å². The van der Waals surface area contributed by atoms with Crippen molar-refractivity contribution in [2.75, 3.05) is 14.1 Å². The molecule has 0 aromatic carbocycles. The summed E-state index contributed by atoms with van der Waals surface area (Å²) < 4.78 is 1.95. The lowest BCUT2D eigenvalue weighted by Crippen LogP contribution is -2.47. The third-order valence-corrected chi connectivity index (χ3v) is 6.24. The van der Waals surface area contributed by atoms with E-state index in [9.17, 15) is 0 Å². The number of piperidine rings is 1. The van der Waals surface area contributed by atoms with Crippen molar-refractivity contribution in [2.24, 2.45) is 13.0 Å². The molecule has 1 aromatic heterocycles. The van der Waals surface area contributed by atoms with Gasteiger partial charge in [0.15, 0.2) is 0 Å². The van der Waals surface area contributed by atoms with E-state index in [0.717, 1.165) is 35.1 Å². The first-order chi connectivity index (χ1) is 10.0. The van der Waals surface area contributed by atoms with Gasteiger partial charge in [0.25, 0.3) is 0 Å². The van der Waals surface area contributed by atoms with Crippen molar-refractivity contribution in [3.63, 3.8) is 0 Å². The van der Waals surface area contributed by atoms with Gasteiger partial charge in [0.2, 0.25) is 0 Å². The SMILES string of the molecule is CNC(Cc1c(Cl)c(C)nn1C)C1CC2CCC(C1)N2C. The predicted octanol–water partition coefficient (Wildman–Crippen LogP) is 2.39. The van der Waals surface area contributed by atoms with Crippen LogP contribution in [0, 0.1) is 12.8 Å². The lowest BCUT2D eigenvalue weighted by atomic mass is 9.83. The van der Waals surface area contributed by atoms with Crippen molar-refractivity contribution in [1.82, 2.24) is 20.0 Å². The first-order valence-electron chi connectivity index (χ1n) is 8.08. The zero-order chi connectivity index (χ0) is 15.1. The summed E-state index contributed by atoms with van der Waals surface area (Å²) >= 11 is 6.43. The topological polar surface area (TPSA) is 33.1 Å². The van der Waals surface area contributed by atoms with Gasteiger partial charge in [-0.2, -0.15) is 5.10 Å². The molecular weight excluding hydrogens is 284 g/mol. The Morgan fingerprint density at radius 3 is 2.38 bits per heavy atom. The summed E-state index contributed by atoms with van der Waals surface area (Å²) in [4.78, 5) is 2.60. The number of nitrogens with one attached hydrogen (secondary N) is 1. The Morgan fingerprint density at radius 2 is 1.90 bits per heavy atom. The van der Waals surface area contributed by atoms with Gasteiger partial charge in [-0.3, -0.25) is 4.68 Å². The molecule has 3 rings (SSSR count). The minimum Gasteiger partial charge on any atom is -0.316 e. The maximum atomic E-state index is 6.43. The number of aromatic nitrogens is 2. The molecule has 2 aliphatic rings. The number of halogens is 1. The highest BCUT2D eigenvalue weighted by Crippen LogP contribution is 2.39. The van der Waals surface area contributed by atoms with E-state index in [2.05, 4.69) is 29.4 Å². The second-order valence-corrected chi connectivity index (χ2v) is 7.23. The Labute approximate surface area is 132 Å². The highest BCUT2D eigenvalue weighted by molar-refractivity contribution is 6.31. The smallest absolute Gasteiger partial charge is 0.0847 e. The van der Waals surface area contributed by atoms with E-state index in [4.69, 9.17) is 11.6 Å². The zero-order valence-corrected chi connectivity index (χ0v) is 14.3. The van der Waals surface area contributed by atoms with Gasteiger partial charge in [0, 0.05) is 31.6 Å². The summed E-state index contributed by atoms with van der Waals surface area (Å²) in [5.41, 5.74) is 2.10. The Bertz CT molecular complexity index is 499. The van der Waals surface area contributed by atoms with E-state index in [1.165, 1.54) is 31.4 Å². The molecule has 1 aromatic rings. The van der Waals surface area contributed by atoms with E-state index < -0.39 is 0 Å². The average Bonchev–Trinajstić information content (AvgIpc) is 2.82. The van der Waals surface area contributed by atoms with Gasteiger partial charge in [-0.05, 0) is 52.6 Å². The van der Waals surface area contributed by atoms with Crippen molar-refractivity contribution >= 4 is 11.6 Å². The molecule has 0 radical (unpaired) electrons. The van der Waals surface area contributed by atoms with Crippen molar-refractivity contribution in [2.45, 2.75) is 57.2 Å². The molecule has 3 unspecified atom stereocenters. The quantitative estimate of drug-likeness (QED) is 0.927. The number of likely N-dealkylation sites (N-methyl/N-ethyl adjacent to an activating group) is 1. The molecule has 0 amide bonds. The third-order valence-electron chi connectivity index (χ3n) is 5.75. The standard InChI is InChI=1S/C16H27ClN4/c1-10-16(17)15(21(4)19-10)9-14(18-2)11-7-12-5-6-13(8-11)20(12)3/h11-14,18H,5-9H2,1-4H3. The highest BCUT2D eigenvalue weighted by atomic mass is 35.5. The molecule has 2 saturated heterocycles. The van der Waals surface area contributed by atoms with Gasteiger partial charge in [-0.1, -0.05) is 11.6 Å². The summed E-state index contributed by atoms with van der Waals surface area (Å²) in [7, 11) is 6.38. The molecule has 0 saturated carbocycles. The van der Waals surface area contributed by atoms with Gasteiger partial charge in [-0.15, -0.1) is 0 Å². The Hall–Kier alpha value is -0.580. The van der Waals surface area contributed by atoms with Crippen LogP contribution in [-0.4, -0.2) is 46.9 Å². The molecule has 0 spiro atoms. The molecule has 21 heavy (non-hydrogen) atoms. The number of fused-ring (bicyclic) bond motifs is 2. The molecular formula is C16H27ClN4. The monoisotopic (exact) mass is 310 g/mol. The Morgan fingerprint density at radius 1 is 1.29 bits per heavy atom. The second kappa shape index (κ2) is 5.90. The molecule has 2 aliphatic heterocycles. The van der Waals surface area contributed by atoms with Crippen molar-refractivity contribution in [1.29, 1.82) is 0 Å². The van der Waals surface area contributed by atoms with Crippen LogP contribution in [0.4, 0.5) is 0 Å². The molecule has 0 aliphatic carbocycles. The van der Waals surface area contributed by atoms with E-state index >= 15 is 0 Å². The first kappa shape index (κ1) is 15.3. The van der Waals surface area contributed by atoms with Crippen LogP contribution in [0.2, 0.25) is 5.02 Å². The first-order valence-corrected chi connectivity index (χ1v) is 8.46. The van der Waals surface area contributed by atoms with Crippen molar-refractivity contribution < 1.29 is 0 Å². The molecule has 2 bridgehead atoms. The van der Waals surface area contributed by atoms with E-state index in [0.29, 0.717) is 6.04 Å². The summed E-state index contributed by atoms with van der Waals surface area (Å²) in [5.74, 6) is 0.745. The van der Waals surface area contributed by atoms with Crippen LogP contribution in [0.25, 0.3) is 0 Å². The number of hydrogen-bond acceptors (Lipinski definition) is 3. The summed E-state index contributed by atoms with van der Waals surface area (Å²) in [6.07, 6.45) is 6.35. The normalized spacial score (nSPS) is 30.8. The van der Waals surface area contributed by atoms with Crippen molar-refractivity contribution in [3.05, 3.63) is 16.4 Å². The van der Waals surface area contributed by atoms with Crippen LogP contribution in [0.15, 0.2) is 0 Å². The van der Waals surface area contributed by atoms with Crippen LogP contribution in [0.3, 0.4) is 0 Å². The molecule has 3 atom stereocenters. The Kier molecular flexibility index (Phi) is 4.30. The second-order valence-electron chi connectivity index (χ2n) is 6.85. The maximum absolute atomic E-state index is 6.43. The molecule has 2 fully saturated rings.